The van der Waals surface area contributed by atoms with E-state index in [1.165, 1.54) is 44.5 Å². The number of hydrogen-bond donors (Lipinski definition) is 0. The van der Waals surface area contributed by atoms with Crippen LogP contribution in [0.1, 0.15) is 150 Å². The number of fused-ring (bicyclic) bond motifs is 2. The molecule has 0 N–H and O–H groups in total. The normalized spacial score (nSPS) is 15.6. The van der Waals surface area contributed by atoms with Crippen molar-refractivity contribution in [3.05, 3.63) is 115 Å². The van der Waals surface area contributed by atoms with Gasteiger partial charge in [0.2, 0.25) is 0 Å². The van der Waals surface area contributed by atoms with Crippen molar-refractivity contribution in [2.45, 2.75) is 130 Å². The molecule has 0 radical (unpaired) electrons. The summed E-state index contributed by atoms with van der Waals surface area (Å²) in [6.07, 6.45) is 2.70. The van der Waals surface area contributed by atoms with Crippen LogP contribution in [0.2, 0.25) is 0 Å². The summed E-state index contributed by atoms with van der Waals surface area (Å²) in [6.45, 7) is 28.5. The summed E-state index contributed by atoms with van der Waals surface area (Å²) in [5.74, 6) is 3.56. The Bertz CT molecular complexity index is 1940. The van der Waals surface area contributed by atoms with Crippen LogP contribution in [-0.4, -0.2) is 20.3 Å². The number of hydrogen-bond acceptors (Lipinski definition) is 5. The van der Waals surface area contributed by atoms with Crippen LogP contribution in [0.5, 0.6) is 23.0 Å². The fourth-order valence-electron chi connectivity index (χ4n) is 7.66. The van der Waals surface area contributed by atoms with Crippen molar-refractivity contribution in [2.75, 3.05) is 20.3 Å². The maximum Gasteiger partial charge on any atom is 0.530 e. The van der Waals surface area contributed by atoms with Gasteiger partial charge in [0.15, 0.2) is 0 Å². The molecular weight excluding hydrogens is 675 g/mol. The lowest BCUT2D eigenvalue weighted by Gasteiger charge is -2.34. The summed E-state index contributed by atoms with van der Waals surface area (Å²) in [5, 5.41) is 0. The Kier molecular flexibility index (Phi) is 9.51. The van der Waals surface area contributed by atoms with Crippen LogP contribution in [0, 0.1) is 0 Å². The van der Waals surface area contributed by atoms with E-state index in [9.17, 15) is 0 Å². The van der Waals surface area contributed by atoms with Gasteiger partial charge in [-0.1, -0.05) is 132 Å². The van der Waals surface area contributed by atoms with E-state index in [0.717, 1.165) is 45.3 Å². The SMILES string of the molecule is COCCOc1c2cc(C(C)(C)C)cc1Cc1cc(C(C)(C)C)cc3c1OP1Oc4c(cc(C(C)(C)C)cc4Cc4cc(C(C)(C)C)cc(c4O1)C3)C2. The summed E-state index contributed by atoms with van der Waals surface area (Å²) in [5.41, 5.74) is 14.2. The monoisotopic (exact) mass is 734 g/mol. The van der Waals surface area contributed by atoms with Crippen molar-refractivity contribution in [3.8, 4) is 23.0 Å². The van der Waals surface area contributed by atoms with Gasteiger partial charge in [0.25, 0.3) is 0 Å². The molecule has 3 aliphatic heterocycles. The minimum Gasteiger partial charge on any atom is -0.491 e. The van der Waals surface area contributed by atoms with Crippen LogP contribution in [0.25, 0.3) is 0 Å². The van der Waals surface area contributed by atoms with Gasteiger partial charge in [0.05, 0.1) is 6.61 Å². The van der Waals surface area contributed by atoms with E-state index in [1.54, 1.807) is 7.11 Å². The van der Waals surface area contributed by atoms with Gasteiger partial charge in [0.1, 0.15) is 29.6 Å². The van der Waals surface area contributed by atoms with Gasteiger partial charge in [-0.15, -0.1) is 0 Å². The Morgan fingerprint density at radius 1 is 0.434 bits per heavy atom. The minimum atomic E-state index is -1.84. The zero-order valence-electron chi connectivity index (χ0n) is 34.3. The van der Waals surface area contributed by atoms with Crippen molar-refractivity contribution < 1.29 is 23.0 Å². The highest BCUT2D eigenvalue weighted by Crippen LogP contribution is 2.55. The van der Waals surface area contributed by atoms with Crippen molar-refractivity contribution in [3.63, 3.8) is 0 Å². The topological polar surface area (TPSA) is 46.2 Å². The summed E-state index contributed by atoms with van der Waals surface area (Å²) >= 11 is 0. The first-order valence-electron chi connectivity index (χ1n) is 19.3. The molecule has 0 saturated heterocycles. The van der Waals surface area contributed by atoms with Gasteiger partial charge >= 0.3 is 8.60 Å². The lowest BCUT2D eigenvalue weighted by Crippen LogP contribution is -2.20. The molecule has 0 saturated carbocycles. The van der Waals surface area contributed by atoms with Gasteiger partial charge < -0.3 is 23.0 Å². The molecule has 5 nitrogen and oxygen atoms in total. The largest absolute Gasteiger partial charge is 0.530 e. The van der Waals surface area contributed by atoms with E-state index in [4.69, 9.17) is 23.0 Å². The van der Waals surface area contributed by atoms with Gasteiger partial charge in [-0.25, -0.2) is 0 Å². The van der Waals surface area contributed by atoms with Gasteiger partial charge in [-0.3, -0.25) is 0 Å². The maximum atomic E-state index is 7.12. The smallest absolute Gasteiger partial charge is 0.491 e. The van der Waals surface area contributed by atoms with E-state index >= 15 is 0 Å². The Labute approximate surface area is 319 Å². The van der Waals surface area contributed by atoms with E-state index in [1.807, 2.05) is 0 Å². The number of ether oxygens (including phenoxy) is 2. The first-order valence-corrected chi connectivity index (χ1v) is 20.4. The molecule has 3 heterocycles. The maximum absolute atomic E-state index is 7.12. The van der Waals surface area contributed by atoms with Gasteiger partial charge in [-0.05, 0) is 88.4 Å². The quantitative estimate of drug-likeness (QED) is 0.136. The molecular formula is C47H59O5P. The average Bonchev–Trinajstić information content (AvgIpc) is 3.01. The predicted molar refractivity (Wildman–Crippen MR) is 218 cm³/mol. The second-order valence-electron chi connectivity index (χ2n) is 19.5. The van der Waals surface area contributed by atoms with Gasteiger partial charge in [0, 0.05) is 32.8 Å². The Morgan fingerprint density at radius 3 is 0.962 bits per heavy atom. The van der Waals surface area contributed by atoms with Crippen LogP contribution in [0.3, 0.4) is 0 Å². The predicted octanol–water partition coefficient (Wildman–Crippen LogP) is 12.0. The third-order valence-corrected chi connectivity index (χ3v) is 12.0. The minimum absolute atomic E-state index is 0.0377. The van der Waals surface area contributed by atoms with Crippen molar-refractivity contribution in [1.82, 2.24) is 0 Å². The lowest BCUT2D eigenvalue weighted by atomic mass is 9.79. The molecule has 4 aromatic carbocycles. The third kappa shape index (κ3) is 7.59. The zero-order valence-corrected chi connectivity index (χ0v) is 35.2. The summed E-state index contributed by atoms with van der Waals surface area (Å²) < 4.78 is 33.5. The molecule has 0 aromatic heterocycles. The lowest BCUT2D eigenvalue weighted by molar-refractivity contribution is 0.145. The first kappa shape index (κ1) is 37.8. The van der Waals surface area contributed by atoms with Crippen LogP contribution < -0.4 is 18.3 Å². The summed E-state index contributed by atoms with van der Waals surface area (Å²) in [6, 6.07) is 18.9. The molecule has 0 unspecified atom stereocenters. The highest BCUT2D eigenvalue weighted by molar-refractivity contribution is 7.43. The summed E-state index contributed by atoms with van der Waals surface area (Å²) in [7, 11) is -0.114. The van der Waals surface area contributed by atoms with Crippen LogP contribution in [0.4, 0.5) is 0 Å². The van der Waals surface area contributed by atoms with E-state index in [2.05, 4.69) is 132 Å². The second-order valence-corrected chi connectivity index (χ2v) is 20.5. The highest BCUT2D eigenvalue weighted by atomic mass is 31.2. The molecule has 53 heavy (non-hydrogen) atoms. The third-order valence-electron chi connectivity index (χ3n) is 11.0. The fraction of sp³-hybridized carbons (Fsp3) is 0.489. The van der Waals surface area contributed by atoms with Crippen LogP contribution in [0.15, 0.2) is 48.5 Å². The molecule has 3 aliphatic rings. The first-order chi connectivity index (χ1) is 24.7. The standard InChI is InChI=1S/C47H59O5P/c1-44(2,3)36-20-28-16-30-22-37(45(4,5)6)24-32-18-34-26-39(47(10,11)12)27-35-19-33-25-38(46(7,8)9)23-31(17-29(21-36)40(28)49-15-14-48-13)42(33)51-53(50-41(30)32)52-43(34)35/h20-27H,14-19H2,1-13H3. The van der Waals surface area contributed by atoms with Crippen molar-refractivity contribution >= 4 is 8.60 Å². The molecule has 0 fully saturated rings. The highest BCUT2D eigenvalue weighted by Gasteiger charge is 2.36. The molecule has 7 rings (SSSR count). The van der Waals surface area contributed by atoms with E-state index in [-0.39, 0.29) is 21.7 Å². The fourth-order valence-corrected chi connectivity index (χ4v) is 8.93. The van der Waals surface area contributed by atoms with Crippen molar-refractivity contribution in [2.24, 2.45) is 0 Å². The van der Waals surface area contributed by atoms with E-state index in [0.29, 0.717) is 38.9 Å². The number of methoxy groups -OCH3 is 1. The molecule has 6 heteroatoms. The Balaban J connectivity index is 1.61. The Hall–Kier alpha value is -3.53. The molecule has 4 aromatic rings. The molecule has 282 valence electrons. The molecule has 0 spiro atoms. The second kappa shape index (κ2) is 13.3. The molecule has 0 atom stereocenters. The average molecular weight is 735 g/mol. The zero-order chi connectivity index (χ0) is 38.2. The number of rotatable bonds is 4. The van der Waals surface area contributed by atoms with Crippen LogP contribution >= 0.6 is 8.60 Å². The molecule has 6 bridgehead atoms. The summed E-state index contributed by atoms with van der Waals surface area (Å²) in [4.78, 5) is 0. The van der Waals surface area contributed by atoms with E-state index < -0.39 is 8.60 Å². The molecule has 0 amide bonds. The molecule has 0 aliphatic carbocycles. The Morgan fingerprint density at radius 2 is 0.698 bits per heavy atom. The van der Waals surface area contributed by atoms with Crippen LogP contribution in [-0.2, 0) is 52.1 Å². The van der Waals surface area contributed by atoms with Crippen molar-refractivity contribution in [1.29, 1.82) is 0 Å². The van der Waals surface area contributed by atoms with Gasteiger partial charge in [-0.2, -0.15) is 0 Å². The number of benzene rings is 4.